The topological polar surface area (TPSA) is 73.1 Å². The Labute approximate surface area is 96.4 Å². The molecule has 3 N–H and O–H groups in total. The minimum atomic E-state index is 0.578. The largest absolute Gasteiger partial charge is 0.394 e. The van der Waals surface area contributed by atoms with E-state index in [0.29, 0.717) is 11.5 Å². The van der Waals surface area contributed by atoms with Crippen LogP contribution in [0.25, 0.3) is 0 Å². The number of anilines is 2. The second-order valence-electron chi connectivity index (χ2n) is 3.57. The third-order valence-corrected chi connectivity index (χ3v) is 2.14. The normalized spacial score (nSPS) is 10.3. The Balaban J connectivity index is 2.05. The molecule has 0 aliphatic rings. The van der Waals surface area contributed by atoms with Crippen molar-refractivity contribution in [2.24, 2.45) is 0 Å². The Morgan fingerprint density at radius 1 is 1.38 bits per heavy atom. The highest BCUT2D eigenvalue weighted by atomic mass is 16.5. The zero-order valence-corrected chi connectivity index (χ0v) is 9.78. The highest BCUT2D eigenvalue weighted by Crippen LogP contribution is 2.10. The summed E-state index contributed by atoms with van der Waals surface area (Å²) in [6.45, 7) is 4.60. The van der Waals surface area contributed by atoms with Gasteiger partial charge in [-0.25, -0.2) is 9.97 Å². The molecule has 0 amide bonds. The summed E-state index contributed by atoms with van der Waals surface area (Å²) < 4.78 is 5.44. The molecule has 0 fully saturated rings. The Bertz CT molecular complexity index is 293. The number of nitrogens with zero attached hydrogens (tertiary/aromatic N) is 2. The van der Waals surface area contributed by atoms with Gasteiger partial charge in [-0.1, -0.05) is 13.3 Å². The molecule has 0 unspecified atom stereocenters. The lowest BCUT2D eigenvalue weighted by Gasteiger charge is -2.07. The second-order valence-corrected chi connectivity index (χ2v) is 3.57. The predicted molar refractivity (Wildman–Crippen MR) is 65.3 cm³/mol. The summed E-state index contributed by atoms with van der Waals surface area (Å²) in [6.07, 6.45) is 6.33. The number of unbranched alkanes of at least 4 members (excludes halogenated alkanes) is 1. The van der Waals surface area contributed by atoms with Crippen molar-refractivity contribution in [1.82, 2.24) is 9.97 Å². The molecule has 0 atom stereocenters. The molecule has 1 rings (SSSR count). The first-order valence-corrected chi connectivity index (χ1v) is 5.71. The lowest BCUT2D eigenvalue weighted by atomic mass is 10.3. The van der Waals surface area contributed by atoms with Crippen molar-refractivity contribution in [3.63, 3.8) is 0 Å². The van der Waals surface area contributed by atoms with Crippen LogP contribution >= 0.6 is 0 Å². The Morgan fingerprint density at radius 3 is 2.94 bits per heavy atom. The Morgan fingerprint density at radius 2 is 2.19 bits per heavy atom. The van der Waals surface area contributed by atoms with Crippen LogP contribution in [0.2, 0.25) is 0 Å². The van der Waals surface area contributed by atoms with Crippen molar-refractivity contribution < 1.29 is 4.74 Å². The molecule has 0 aliphatic heterocycles. The van der Waals surface area contributed by atoms with Crippen LogP contribution in [-0.4, -0.2) is 29.7 Å². The van der Waals surface area contributed by atoms with Gasteiger partial charge in [0.25, 0.3) is 0 Å². The molecule has 16 heavy (non-hydrogen) atoms. The summed E-state index contributed by atoms with van der Waals surface area (Å²) in [6, 6.07) is 0. The zero-order chi connectivity index (χ0) is 11.6. The second kappa shape index (κ2) is 7.87. The van der Waals surface area contributed by atoms with E-state index in [1.165, 1.54) is 12.7 Å². The first kappa shape index (κ1) is 12.7. The molecular formula is C11H20N4O. The van der Waals surface area contributed by atoms with Crippen LogP contribution in [-0.2, 0) is 4.74 Å². The molecule has 5 nitrogen and oxygen atoms in total. The maximum Gasteiger partial charge on any atom is 0.152 e. The van der Waals surface area contributed by atoms with Gasteiger partial charge in [0.15, 0.2) is 5.82 Å². The number of ether oxygens (including phenoxy) is 1. The number of nitrogens with one attached hydrogen (secondary N) is 1. The third kappa shape index (κ3) is 4.93. The molecule has 90 valence electrons. The molecule has 1 aromatic heterocycles. The van der Waals surface area contributed by atoms with E-state index < -0.39 is 0 Å². The van der Waals surface area contributed by atoms with Crippen LogP contribution in [0.5, 0.6) is 0 Å². The molecule has 0 saturated carbocycles. The van der Waals surface area contributed by atoms with E-state index in [0.717, 1.165) is 32.6 Å². The molecule has 1 aromatic rings. The molecule has 0 bridgehead atoms. The van der Waals surface area contributed by atoms with Crippen molar-refractivity contribution in [1.29, 1.82) is 0 Å². The fourth-order valence-corrected chi connectivity index (χ4v) is 1.22. The first-order valence-electron chi connectivity index (χ1n) is 5.71. The van der Waals surface area contributed by atoms with Crippen molar-refractivity contribution in [2.45, 2.75) is 26.2 Å². The molecule has 0 radical (unpaired) electrons. The SMILES string of the molecule is CCCCOCCCNc1ncncc1N. The smallest absolute Gasteiger partial charge is 0.152 e. The van der Waals surface area contributed by atoms with E-state index in [1.807, 2.05) is 0 Å². The van der Waals surface area contributed by atoms with E-state index in [9.17, 15) is 0 Å². The summed E-state index contributed by atoms with van der Waals surface area (Å²) in [5, 5.41) is 3.15. The predicted octanol–water partition coefficient (Wildman–Crippen LogP) is 1.68. The van der Waals surface area contributed by atoms with Gasteiger partial charge >= 0.3 is 0 Å². The van der Waals surface area contributed by atoms with E-state index in [-0.39, 0.29) is 0 Å². The summed E-state index contributed by atoms with van der Waals surface area (Å²) in [5.41, 5.74) is 6.26. The number of aromatic nitrogens is 2. The minimum absolute atomic E-state index is 0.578. The van der Waals surface area contributed by atoms with Crippen LogP contribution in [0, 0.1) is 0 Å². The molecule has 0 spiro atoms. The van der Waals surface area contributed by atoms with Gasteiger partial charge < -0.3 is 15.8 Å². The highest BCUT2D eigenvalue weighted by molar-refractivity contribution is 5.58. The summed E-state index contributed by atoms with van der Waals surface area (Å²) in [4.78, 5) is 7.86. The van der Waals surface area contributed by atoms with Crippen LogP contribution in [0.3, 0.4) is 0 Å². The molecule has 5 heteroatoms. The van der Waals surface area contributed by atoms with Gasteiger partial charge in [0.2, 0.25) is 0 Å². The standard InChI is InChI=1S/C11H20N4O/c1-2-3-6-16-7-4-5-14-11-10(12)8-13-9-15-11/h8-9H,2-7,12H2,1H3,(H,13,14,15). The van der Waals surface area contributed by atoms with Crippen LogP contribution < -0.4 is 11.1 Å². The number of hydrogen-bond donors (Lipinski definition) is 2. The van der Waals surface area contributed by atoms with E-state index in [1.54, 1.807) is 6.20 Å². The number of nitrogens with two attached hydrogens (primary N) is 1. The molecular weight excluding hydrogens is 204 g/mol. The molecule has 0 aliphatic carbocycles. The lowest BCUT2D eigenvalue weighted by molar-refractivity contribution is 0.131. The van der Waals surface area contributed by atoms with Crippen molar-refractivity contribution in [2.75, 3.05) is 30.8 Å². The monoisotopic (exact) mass is 224 g/mol. The van der Waals surface area contributed by atoms with Gasteiger partial charge in [-0.3, -0.25) is 0 Å². The first-order chi connectivity index (χ1) is 7.84. The average molecular weight is 224 g/mol. The lowest BCUT2D eigenvalue weighted by Crippen LogP contribution is -2.09. The van der Waals surface area contributed by atoms with Gasteiger partial charge in [0, 0.05) is 19.8 Å². The van der Waals surface area contributed by atoms with Crippen LogP contribution in [0.1, 0.15) is 26.2 Å². The van der Waals surface area contributed by atoms with Crippen molar-refractivity contribution in [3.8, 4) is 0 Å². The van der Waals surface area contributed by atoms with E-state index in [2.05, 4.69) is 22.2 Å². The van der Waals surface area contributed by atoms with Crippen molar-refractivity contribution in [3.05, 3.63) is 12.5 Å². The fourth-order valence-electron chi connectivity index (χ4n) is 1.22. The number of hydrogen-bond acceptors (Lipinski definition) is 5. The fraction of sp³-hybridized carbons (Fsp3) is 0.636. The van der Waals surface area contributed by atoms with Gasteiger partial charge in [-0.05, 0) is 12.8 Å². The van der Waals surface area contributed by atoms with E-state index in [4.69, 9.17) is 10.5 Å². The minimum Gasteiger partial charge on any atom is -0.394 e. The third-order valence-electron chi connectivity index (χ3n) is 2.14. The van der Waals surface area contributed by atoms with Crippen LogP contribution in [0.15, 0.2) is 12.5 Å². The number of rotatable bonds is 8. The summed E-state index contributed by atoms with van der Waals surface area (Å²) in [5.74, 6) is 0.698. The van der Waals surface area contributed by atoms with Crippen LogP contribution in [0.4, 0.5) is 11.5 Å². The van der Waals surface area contributed by atoms with Gasteiger partial charge in [0.1, 0.15) is 6.33 Å². The zero-order valence-electron chi connectivity index (χ0n) is 9.78. The number of nitrogen functional groups attached to an aromatic ring is 1. The molecule has 0 aromatic carbocycles. The van der Waals surface area contributed by atoms with Gasteiger partial charge in [-0.15, -0.1) is 0 Å². The highest BCUT2D eigenvalue weighted by Gasteiger charge is 1.97. The Kier molecular flexibility index (Phi) is 6.25. The van der Waals surface area contributed by atoms with Crippen molar-refractivity contribution >= 4 is 11.5 Å². The van der Waals surface area contributed by atoms with Gasteiger partial charge in [0.05, 0.1) is 11.9 Å². The molecule has 1 heterocycles. The summed E-state index contributed by atoms with van der Waals surface area (Å²) in [7, 11) is 0. The van der Waals surface area contributed by atoms with Gasteiger partial charge in [-0.2, -0.15) is 0 Å². The van der Waals surface area contributed by atoms with E-state index >= 15 is 0 Å². The molecule has 0 saturated heterocycles. The Hall–Kier alpha value is -1.36. The summed E-state index contributed by atoms with van der Waals surface area (Å²) >= 11 is 0. The average Bonchev–Trinajstić information content (AvgIpc) is 2.30. The maximum absolute atomic E-state index is 5.68. The quantitative estimate of drug-likeness (QED) is 0.657. The maximum atomic E-state index is 5.68.